The fraction of sp³-hybridized carbons (Fsp3) is 0.0625. The van der Waals surface area contributed by atoms with Crippen LogP contribution in [0.2, 0.25) is 0 Å². The highest BCUT2D eigenvalue weighted by molar-refractivity contribution is 6.37. The van der Waals surface area contributed by atoms with Gasteiger partial charge in [-0.25, -0.2) is 13.2 Å². The van der Waals surface area contributed by atoms with E-state index in [4.69, 9.17) is 9.31 Å². The van der Waals surface area contributed by atoms with E-state index >= 15 is 0 Å². The van der Waals surface area contributed by atoms with Gasteiger partial charge in [-0.3, -0.25) is 0 Å². The number of phenols is 1. The van der Waals surface area contributed by atoms with Crippen LogP contribution in [0.15, 0.2) is 91.0 Å². The van der Waals surface area contributed by atoms with Crippen molar-refractivity contribution in [1.29, 1.82) is 0 Å². The molecule has 0 amide bonds. The molecule has 0 spiro atoms. The minimum atomic E-state index is -2.47. The van der Waals surface area contributed by atoms with E-state index in [2.05, 4.69) is 0 Å². The molecule has 0 heterocycles. The Kier molecular flexibility index (Phi) is 8.17. The minimum absolute atomic E-state index is 0.0113. The molecule has 5 aromatic rings. The lowest BCUT2D eigenvalue weighted by molar-refractivity contribution is 0.271. The first-order chi connectivity index (χ1) is 20.2. The Morgan fingerprint density at radius 2 is 1.21 bits per heavy atom. The number of halogens is 5. The second-order valence-electron chi connectivity index (χ2n) is 9.42. The van der Waals surface area contributed by atoms with Crippen molar-refractivity contribution in [1.82, 2.24) is 0 Å². The van der Waals surface area contributed by atoms with Gasteiger partial charge in [0.1, 0.15) is 11.5 Å². The van der Waals surface area contributed by atoms with Gasteiger partial charge in [0.2, 0.25) is 29.1 Å². The first-order valence-electron chi connectivity index (χ1n) is 12.7. The van der Waals surface area contributed by atoms with Crippen molar-refractivity contribution < 1.29 is 41.4 Å². The van der Waals surface area contributed by atoms with E-state index in [1.54, 1.807) is 48.5 Å². The average molecular weight is 576 g/mol. The van der Waals surface area contributed by atoms with Crippen LogP contribution in [0, 0.1) is 36.0 Å². The van der Waals surface area contributed by atoms with Gasteiger partial charge in [0.05, 0.1) is 0 Å². The number of hydrogen-bond acceptors (Lipinski definition) is 4. The predicted molar refractivity (Wildman–Crippen MR) is 148 cm³/mol. The number of phenolic OH excluding ortho intramolecular Hbond substituents is 1. The lowest BCUT2D eigenvalue weighted by atomic mass is 9.86. The van der Waals surface area contributed by atoms with Gasteiger partial charge in [-0.1, -0.05) is 72.8 Å². The van der Waals surface area contributed by atoms with Crippen LogP contribution in [0.25, 0.3) is 22.3 Å². The smallest absolute Gasteiger partial charge is 0.508 e. The first-order valence-corrected chi connectivity index (χ1v) is 12.7. The maximum atomic E-state index is 14.3. The molecule has 0 saturated heterocycles. The molecule has 0 atom stereocenters. The molecule has 0 unspecified atom stereocenters. The zero-order valence-corrected chi connectivity index (χ0v) is 22.0. The van der Waals surface area contributed by atoms with Crippen LogP contribution in [0.4, 0.5) is 22.0 Å². The third-order valence-electron chi connectivity index (χ3n) is 6.76. The third kappa shape index (κ3) is 5.66. The molecule has 10 heteroatoms. The summed E-state index contributed by atoms with van der Waals surface area (Å²) >= 11 is 0. The summed E-state index contributed by atoms with van der Waals surface area (Å²) in [7, 11) is -2.47. The molecule has 5 aromatic carbocycles. The molecule has 0 bridgehead atoms. The van der Waals surface area contributed by atoms with Gasteiger partial charge in [-0.05, 0) is 64.9 Å². The normalized spacial score (nSPS) is 10.9. The predicted octanol–water partition coefficient (Wildman–Crippen LogP) is 7.76. The number of benzene rings is 5. The van der Waals surface area contributed by atoms with E-state index in [1.165, 1.54) is 12.1 Å². The SMILES string of the molecule is Cc1c(-c2ccc(O)cc2)cc(OB(O)Oc2c(F)c(F)c(F)c(F)c2F)c(-c2ccccc2)c1Cc1ccccc1. The van der Waals surface area contributed by atoms with E-state index in [-0.39, 0.29) is 11.5 Å². The molecule has 0 aliphatic carbocycles. The first kappa shape index (κ1) is 28.7. The van der Waals surface area contributed by atoms with Crippen LogP contribution < -0.4 is 9.31 Å². The lowest BCUT2D eigenvalue weighted by Gasteiger charge is -2.23. The lowest BCUT2D eigenvalue weighted by Crippen LogP contribution is -2.31. The average Bonchev–Trinajstić information content (AvgIpc) is 3.00. The Bertz CT molecular complexity index is 1700. The summed E-state index contributed by atoms with van der Waals surface area (Å²) in [6.45, 7) is 1.90. The summed E-state index contributed by atoms with van der Waals surface area (Å²) in [4.78, 5) is 0. The van der Waals surface area contributed by atoms with E-state index in [0.717, 1.165) is 16.7 Å². The van der Waals surface area contributed by atoms with Crippen LogP contribution in [-0.2, 0) is 6.42 Å². The molecular weight excluding hydrogens is 554 g/mol. The zero-order chi connectivity index (χ0) is 30.0. The van der Waals surface area contributed by atoms with Crippen molar-refractivity contribution in [3.05, 3.63) is 137 Å². The Morgan fingerprint density at radius 3 is 1.81 bits per heavy atom. The minimum Gasteiger partial charge on any atom is -0.508 e. The second-order valence-corrected chi connectivity index (χ2v) is 9.42. The quantitative estimate of drug-likeness (QED) is 0.0859. The maximum absolute atomic E-state index is 14.3. The third-order valence-corrected chi connectivity index (χ3v) is 6.76. The fourth-order valence-electron chi connectivity index (χ4n) is 4.71. The summed E-state index contributed by atoms with van der Waals surface area (Å²) in [6.07, 6.45) is 0.410. The molecule has 0 radical (unpaired) electrons. The summed E-state index contributed by atoms with van der Waals surface area (Å²) in [5.41, 5.74) is 5.06. The molecule has 0 fully saturated rings. The highest BCUT2D eigenvalue weighted by Crippen LogP contribution is 2.42. The number of aromatic hydroxyl groups is 1. The van der Waals surface area contributed by atoms with Crippen LogP contribution in [-0.4, -0.2) is 17.5 Å². The van der Waals surface area contributed by atoms with Gasteiger partial charge in [-0.15, -0.1) is 0 Å². The van der Waals surface area contributed by atoms with Gasteiger partial charge >= 0.3 is 7.32 Å². The van der Waals surface area contributed by atoms with E-state index in [0.29, 0.717) is 28.7 Å². The fourth-order valence-corrected chi connectivity index (χ4v) is 4.71. The topological polar surface area (TPSA) is 58.9 Å². The van der Waals surface area contributed by atoms with Crippen LogP contribution >= 0.6 is 0 Å². The molecule has 2 N–H and O–H groups in total. The molecule has 0 aliphatic rings. The summed E-state index contributed by atoms with van der Waals surface area (Å²) < 4.78 is 80.0. The van der Waals surface area contributed by atoms with Crippen LogP contribution in [0.5, 0.6) is 17.2 Å². The summed E-state index contributed by atoms with van der Waals surface area (Å²) in [5, 5.41) is 20.4. The van der Waals surface area contributed by atoms with Crippen molar-refractivity contribution in [2.24, 2.45) is 0 Å². The highest BCUT2D eigenvalue weighted by atomic mass is 19.2. The van der Waals surface area contributed by atoms with Crippen molar-refractivity contribution in [2.75, 3.05) is 0 Å². The second kappa shape index (κ2) is 12.0. The molecule has 42 heavy (non-hydrogen) atoms. The molecule has 0 aromatic heterocycles. The van der Waals surface area contributed by atoms with Gasteiger partial charge in [0.15, 0.2) is 5.75 Å². The van der Waals surface area contributed by atoms with Crippen LogP contribution in [0.1, 0.15) is 16.7 Å². The summed E-state index contributed by atoms with van der Waals surface area (Å²) in [6, 6.07) is 26.4. The van der Waals surface area contributed by atoms with Crippen LogP contribution in [0.3, 0.4) is 0 Å². The highest BCUT2D eigenvalue weighted by Gasteiger charge is 2.33. The van der Waals surface area contributed by atoms with Gasteiger partial charge in [0.25, 0.3) is 0 Å². The van der Waals surface area contributed by atoms with Crippen molar-refractivity contribution in [3.8, 4) is 39.5 Å². The molecule has 0 aliphatic heterocycles. The molecule has 4 nitrogen and oxygen atoms in total. The van der Waals surface area contributed by atoms with E-state index in [1.807, 2.05) is 37.3 Å². The Labute approximate surface area is 238 Å². The molecule has 0 saturated carbocycles. The molecule has 5 rings (SSSR count). The van der Waals surface area contributed by atoms with Gasteiger partial charge in [0, 0.05) is 5.56 Å². The Hall–Kier alpha value is -4.83. The maximum Gasteiger partial charge on any atom is 0.785 e. The van der Waals surface area contributed by atoms with E-state index in [9.17, 15) is 32.1 Å². The van der Waals surface area contributed by atoms with Gasteiger partial charge < -0.3 is 19.4 Å². The number of rotatable bonds is 8. The Morgan fingerprint density at radius 1 is 0.667 bits per heavy atom. The van der Waals surface area contributed by atoms with Crippen molar-refractivity contribution in [2.45, 2.75) is 13.3 Å². The summed E-state index contributed by atoms with van der Waals surface area (Å²) in [5.74, 6) is -12.9. The molecular formula is C32H22BF5O4. The number of hydrogen-bond donors (Lipinski definition) is 2. The monoisotopic (exact) mass is 576 g/mol. The Balaban J connectivity index is 1.67. The van der Waals surface area contributed by atoms with Crippen molar-refractivity contribution in [3.63, 3.8) is 0 Å². The largest absolute Gasteiger partial charge is 0.785 e. The zero-order valence-electron chi connectivity index (χ0n) is 22.0. The van der Waals surface area contributed by atoms with Gasteiger partial charge in [-0.2, -0.15) is 8.78 Å². The van der Waals surface area contributed by atoms with E-state index < -0.39 is 42.2 Å². The standard InChI is InChI=1S/C32H22BF5O4/c1-18-23(20-12-14-22(39)15-13-20)17-25(41-33(40)42-32-30(37)28(35)27(34)29(36)31(32)38)26(21-10-6-3-7-11-21)24(18)16-19-8-4-2-5-9-19/h2-15,17,39-40H,16H2,1H3. The molecule has 212 valence electrons. The van der Waals surface area contributed by atoms with Crippen molar-refractivity contribution >= 4 is 7.32 Å².